The number of benzene rings is 1. The van der Waals surface area contributed by atoms with E-state index in [9.17, 15) is 14.4 Å². The number of barbiturate groups is 1. The molecule has 3 aliphatic heterocycles. The smallest absolute Gasteiger partial charge is 0.328 e. The van der Waals surface area contributed by atoms with Gasteiger partial charge in [0.15, 0.2) is 5.41 Å². The minimum absolute atomic E-state index is 0.0738. The Morgan fingerprint density at radius 3 is 2.60 bits per heavy atom. The van der Waals surface area contributed by atoms with Crippen LogP contribution in [-0.2, 0) is 20.7 Å². The number of imide groups is 2. The number of carbonyl (C=O) groups excluding carboxylic acids is 3. The molecular formula is C21H21N5O4. The van der Waals surface area contributed by atoms with Crippen LogP contribution in [0.15, 0.2) is 36.8 Å². The van der Waals surface area contributed by atoms with Gasteiger partial charge in [-0.15, -0.1) is 0 Å². The first-order chi connectivity index (χ1) is 14.4. The second-order valence-corrected chi connectivity index (χ2v) is 8.07. The second kappa shape index (κ2) is 6.60. The zero-order valence-corrected chi connectivity index (χ0v) is 16.6. The summed E-state index contributed by atoms with van der Waals surface area (Å²) >= 11 is 0. The molecule has 3 atom stereocenters. The third-order valence-electron chi connectivity index (χ3n) is 6.17. The third kappa shape index (κ3) is 2.62. The first-order valence-electron chi connectivity index (χ1n) is 9.88. The Labute approximate surface area is 172 Å². The predicted octanol–water partition coefficient (Wildman–Crippen LogP) is 1.03. The van der Waals surface area contributed by atoms with Gasteiger partial charge in [-0.1, -0.05) is 6.07 Å². The molecule has 2 N–H and O–H groups in total. The minimum atomic E-state index is -1.47. The molecular weight excluding hydrogens is 386 g/mol. The van der Waals surface area contributed by atoms with E-state index >= 15 is 0 Å². The van der Waals surface area contributed by atoms with Crippen molar-refractivity contribution < 1.29 is 19.1 Å². The van der Waals surface area contributed by atoms with Gasteiger partial charge < -0.3 is 9.64 Å². The lowest BCUT2D eigenvalue weighted by molar-refractivity contribution is -0.153. The molecule has 2 fully saturated rings. The summed E-state index contributed by atoms with van der Waals surface area (Å²) < 4.78 is 6.01. The fourth-order valence-electron chi connectivity index (χ4n) is 5.06. The van der Waals surface area contributed by atoms with Crippen LogP contribution in [-0.4, -0.2) is 52.6 Å². The summed E-state index contributed by atoms with van der Waals surface area (Å²) in [5, 5.41) is 4.60. The molecule has 2 saturated heterocycles. The second-order valence-electron chi connectivity index (χ2n) is 8.07. The molecule has 4 amide bonds. The number of anilines is 1. The van der Waals surface area contributed by atoms with Crippen LogP contribution >= 0.6 is 0 Å². The summed E-state index contributed by atoms with van der Waals surface area (Å²) in [6.07, 6.45) is 4.59. The highest BCUT2D eigenvalue weighted by Crippen LogP contribution is 2.47. The lowest BCUT2D eigenvalue weighted by Crippen LogP contribution is -2.75. The number of aromatic nitrogens is 2. The van der Waals surface area contributed by atoms with E-state index in [1.54, 1.807) is 18.6 Å². The van der Waals surface area contributed by atoms with Crippen LogP contribution in [0.25, 0.3) is 11.3 Å². The maximum absolute atomic E-state index is 13.1. The lowest BCUT2D eigenvalue weighted by atomic mass is 9.66. The molecule has 1 aromatic carbocycles. The normalized spacial score (nSPS) is 27.2. The molecule has 3 unspecified atom stereocenters. The van der Waals surface area contributed by atoms with Crippen molar-refractivity contribution >= 4 is 23.5 Å². The minimum Gasteiger partial charge on any atom is -0.372 e. The molecule has 1 aromatic heterocycles. The number of morpholine rings is 1. The van der Waals surface area contributed by atoms with Crippen LogP contribution < -0.4 is 15.5 Å². The Morgan fingerprint density at radius 1 is 1.13 bits per heavy atom. The highest BCUT2D eigenvalue weighted by atomic mass is 16.5. The van der Waals surface area contributed by atoms with Crippen molar-refractivity contribution in [3.8, 4) is 11.3 Å². The number of rotatable bonds is 1. The molecule has 30 heavy (non-hydrogen) atoms. The van der Waals surface area contributed by atoms with Crippen LogP contribution in [0.5, 0.6) is 0 Å². The predicted molar refractivity (Wildman–Crippen MR) is 106 cm³/mol. The summed E-state index contributed by atoms with van der Waals surface area (Å²) in [5.74, 6) is -1.18. The van der Waals surface area contributed by atoms with E-state index < -0.39 is 29.3 Å². The van der Waals surface area contributed by atoms with Crippen molar-refractivity contribution in [3.05, 3.63) is 42.4 Å². The molecule has 0 radical (unpaired) electrons. The topological polar surface area (TPSA) is 114 Å². The van der Waals surface area contributed by atoms with Gasteiger partial charge in [0, 0.05) is 30.2 Å². The van der Waals surface area contributed by atoms with Crippen LogP contribution in [0, 0.1) is 5.41 Å². The number of hydrogen-bond acceptors (Lipinski definition) is 7. The van der Waals surface area contributed by atoms with Gasteiger partial charge in [-0.2, -0.15) is 0 Å². The molecule has 1 spiro atoms. The van der Waals surface area contributed by atoms with Gasteiger partial charge in [0.2, 0.25) is 11.8 Å². The summed E-state index contributed by atoms with van der Waals surface area (Å²) in [6, 6.07) is 4.58. The van der Waals surface area contributed by atoms with Crippen LogP contribution in [0.1, 0.15) is 19.4 Å². The fraction of sp³-hybridized carbons (Fsp3) is 0.381. The number of nitrogens with zero attached hydrogens (tertiary/aromatic N) is 3. The van der Waals surface area contributed by atoms with Crippen molar-refractivity contribution in [3.63, 3.8) is 0 Å². The molecule has 0 aliphatic carbocycles. The number of fused-ring (bicyclic) bond motifs is 4. The highest BCUT2D eigenvalue weighted by Gasteiger charge is 2.62. The van der Waals surface area contributed by atoms with Gasteiger partial charge >= 0.3 is 6.03 Å². The van der Waals surface area contributed by atoms with Gasteiger partial charge in [-0.05, 0) is 38.0 Å². The average Bonchev–Trinajstić information content (AvgIpc) is 2.71. The van der Waals surface area contributed by atoms with E-state index in [2.05, 4.69) is 25.5 Å². The zero-order valence-electron chi connectivity index (χ0n) is 16.6. The van der Waals surface area contributed by atoms with Gasteiger partial charge in [-0.25, -0.2) is 4.79 Å². The van der Waals surface area contributed by atoms with E-state index in [-0.39, 0.29) is 18.6 Å². The maximum Gasteiger partial charge on any atom is 0.328 e. The Hall–Kier alpha value is -3.33. The molecule has 4 heterocycles. The summed E-state index contributed by atoms with van der Waals surface area (Å²) in [4.78, 5) is 48.6. The molecule has 2 aromatic rings. The average molecular weight is 407 g/mol. The van der Waals surface area contributed by atoms with Crippen molar-refractivity contribution in [2.45, 2.75) is 38.5 Å². The Kier molecular flexibility index (Phi) is 4.11. The molecule has 154 valence electrons. The highest BCUT2D eigenvalue weighted by molar-refractivity contribution is 6.20. The fourth-order valence-corrected chi connectivity index (χ4v) is 5.06. The Bertz CT molecular complexity index is 1040. The zero-order chi connectivity index (χ0) is 21.0. The number of nitrogens with one attached hydrogen (secondary N) is 2. The van der Waals surface area contributed by atoms with Gasteiger partial charge in [0.05, 0.1) is 30.1 Å². The molecule has 0 bridgehead atoms. The lowest BCUT2D eigenvalue weighted by Gasteiger charge is -2.55. The van der Waals surface area contributed by atoms with Crippen LogP contribution in [0.3, 0.4) is 0 Å². The number of hydrogen-bond donors (Lipinski definition) is 2. The summed E-state index contributed by atoms with van der Waals surface area (Å²) in [5.41, 5.74) is 1.88. The van der Waals surface area contributed by atoms with Crippen molar-refractivity contribution in [1.82, 2.24) is 20.6 Å². The molecule has 5 rings (SSSR count). The maximum atomic E-state index is 13.1. The van der Waals surface area contributed by atoms with E-state index in [1.807, 2.05) is 32.0 Å². The standard InChI is InChI=1S/C21H21N5O4/c1-11-10-26-16-4-3-13(15-9-22-5-6-23-15)7-14(16)8-21(17(26)12(2)30-11)18(27)24-20(29)25-19(21)28/h3-7,9,11-12,17H,8,10H2,1-2H3,(H2,24,25,27,28,29). The quantitative estimate of drug-likeness (QED) is 0.679. The van der Waals surface area contributed by atoms with Gasteiger partial charge in [0.25, 0.3) is 0 Å². The Balaban J connectivity index is 1.68. The monoisotopic (exact) mass is 407 g/mol. The van der Waals surface area contributed by atoms with Gasteiger partial charge in [0.1, 0.15) is 0 Å². The SMILES string of the molecule is CC1CN2c3ccc(-c4cnccn4)cc3CC3(C(=O)NC(=O)NC3=O)C2C(C)O1. The van der Waals surface area contributed by atoms with E-state index in [4.69, 9.17) is 4.74 Å². The summed E-state index contributed by atoms with van der Waals surface area (Å²) in [6.45, 7) is 4.36. The third-order valence-corrected chi connectivity index (χ3v) is 6.17. The van der Waals surface area contributed by atoms with E-state index in [0.29, 0.717) is 12.2 Å². The van der Waals surface area contributed by atoms with E-state index in [1.165, 1.54) is 0 Å². The Morgan fingerprint density at radius 2 is 1.90 bits per heavy atom. The van der Waals surface area contributed by atoms with Crippen molar-refractivity contribution in [1.29, 1.82) is 0 Å². The molecule has 9 heteroatoms. The van der Waals surface area contributed by atoms with Crippen LogP contribution in [0.4, 0.5) is 10.5 Å². The van der Waals surface area contributed by atoms with Crippen molar-refractivity contribution in [2.24, 2.45) is 5.41 Å². The number of ether oxygens (including phenoxy) is 1. The number of carbonyl (C=O) groups is 3. The molecule has 0 saturated carbocycles. The van der Waals surface area contributed by atoms with Crippen LogP contribution in [0.2, 0.25) is 0 Å². The van der Waals surface area contributed by atoms with E-state index in [0.717, 1.165) is 16.8 Å². The molecule has 9 nitrogen and oxygen atoms in total. The largest absolute Gasteiger partial charge is 0.372 e. The van der Waals surface area contributed by atoms with Gasteiger partial charge in [-0.3, -0.25) is 30.2 Å². The first-order valence-corrected chi connectivity index (χ1v) is 9.88. The first kappa shape index (κ1) is 18.7. The van der Waals surface area contributed by atoms with Crippen molar-refractivity contribution in [2.75, 3.05) is 11.4 Å². The summed E-state index contributed by atoms with van der Waals surface area (Å²) in [7, 11) is 0. The molecule has 3 aliphatic rings. The number of amides is 4. The number of urea groups is 1.